The molecule has 0 bridgehead atoms. The number of carbonyl (C=O) groups excluding carboxylic acids is 1. The summed E-state index contributed by atoms with van der Waals surface area (Å²) >= 11 is 0. The minimum absolute atomic E-state index is 0.0899. The second kappa shape index (κ2) is 8.62. The lowest BCUT2D eigenvalue weighted by molar-refractivity contribution is 0.135. The van der Waals surface area contributed by atoms with Gasteiger partial charge in [0.15, 0.2) is 0 Å². The van der Waals surface area contributed by atoms with Gasteiger partial charge in [0.1, 0.15) is 0 Å². The number of piperazine rings is 1. The van der Waals surface area contributed by atoms with Crippen LogP contribution in [0.15, 0.2) is 24.5 Å². The molecule has 5 heteroatoms. The molecule has 5 nitrogen and oxygen atoms in total. The van der Waals surface area contributed by atoms with Crippen molar-refractivity contribution in [2.75, 3.05) is 32.7 Å². The van der Waals surface area contributed by atoms with Gasteiger partial charge < -0.3 is 10.2 Å². The summed E-state index contributed by atoms with van der Waals surface area (Å²) in [6.07, 6.45) is 7.14. The van der Waals surface area contributed by atoms with Gasteiger partial charge in [-0.3, -0.25) is 9.88 Å². The van der Waals surface area contributed by atoms with Crippen LogP contribution in [0, 0.1) is 0 Å². The first-order valence-corrected chi connectivity index (χ1v) is 7.93. The average molecular weight is 290 g/mol. The largest absolute Gasteiger partial charge is 0.338 e. The second-order valence-corrected chi connectivity index (χ2v) is 5.56. The van der Waals surface area contributed by atoms with Gasteiger partial charge in [-0.1, -0.05) is 25.8 Å². The van der Waals surface area contributed by atoms with E-state index in [1.807, 2.05) is 17.2 Å². The fourth-order valence-corrected chi connectivity index (χ4v) is 2.54. The van der Waals surface area contributed by atoms with Crippen molar-refractivity contribution >= 4 is 6.03 Å². The quantitative estimate of drug-likeness (QED) is 0.816. The van der Waals surface area contributed by atoms with Crippen LogP contribution in [-0.2, 0) is 6.54 Å². The lowest BCUT2D eigenvalue weighted by Gasteiger charge is -2.34. The molecule has 1 aromatic heterocycles. The molecule has 0 aliphatic carbocycles. The van der Waals surface area contributed by atoms with Gasteiger partial charge in [-0.25, -0.2) is 4.79 Å². The van der Waals surface area contributed by atoms with Crippen LogP contribution in [0.25, 0.3) is 0 Å². The van der Waals surface area contributed by atoms with Gasteiger partial charge in [0.25, 0.3) is 0 Å². The number of pyridine rings is 1. The smallest absolute Gasteiger partial charge is 0.317 e. The summed E-state index contributed by atoms with van der Waals surface area (Å²) in [5, 5.41) is 3.01. The molecule has 0 atom stereocenters. The van der Waals surface area contributed by atoms with E-state index in [-0.39, 0.29) is 6.03 Å². The van der Waals surface area contributed by atoms with Gasteiger partial charge >= 0.3 is 6.03 Å². The fraction of sp³-hybridized carbons (Fsp3) is 0.625. The maximum absolute atomic E-state index is 12.0. The number of amides is 2. The van der Waals surface area contributed by atoms with Crippen molar-refractivity contribution < 1.29 is 4.79 Å². The summed E-state index contributed by atoms with van der Waals surface area (Å²) in [5.74, 6) is 0. The third-order valence-electron chi connectivity index (χ3n) is 3.85. The Bertz CT molecular complexity index is 416. The van der Waals surface area contributed by atoms with E-state index in [0.29, 0.717) is 0 Å². The molecule has 1 aliphatic rings. The number of unbranched alkanes of at least 4 members (excludes halogenated alkanes) is 2. The highest BCUT2D eigenvalue weighted by Gasteiger charge is 2.20. The van der Waals surface area contributed by atoms with E-state index in [1.54, 1.807) is 6.20 Å². The molecule has 0 unspecified atom stereocenters. The molecule has 1 fully saturated rings. The fourth-order valence-electron chi connectivity index (χ4n) is 2.54. The van der Waals surface area contributed by atoms with Crippen LogP contribution in [0.1, 0.15) is 31.7 Å². The van der Waals surface area contributed by atoms with E-state index in [2.05, 4.69) is 28.2 Å². The normalized spacial score (nSPS) is 16.0. The van der Waals surface area contributed by atoms with Crippen molar-refractivity contribution in [3.8, 4) is 0 Å². The minimum Gasteiger partial charge on any atom is -0.338 e. The summed E-state index contributed by atoms with van der Waals surface area (Å²) in [4.78, 5) is 20.4. The summed E-state index contributed by atoms with van der Waals surface area (Å²) < 4.78 is 0. The van der Waals surface area contributed by atoms with E-state index in [9.17, 15) is 4.79 Å². The van der Waals surface area contributed by atoms with Crippen LogP contribution in [0.3, 0.4) is 0 Å². The molecule has 0 spiro atoms. The number of carbonyl (C=O) groups is 1. The highest BCUT2D eigenvalue weighted by Crippen LogP contribution is 2.07. The molecule has 116 valence electrons. The molecule has 1 N–H and O–H groups in total. The molecule has 2 heterocycles. The number of urea groups is 1. The van der Waals surface area contributed by atoms with Crippen LogP contribution >= 0.6 is 0 Å². The predicted octanol–water partition coefficient (Wildman–Crippen LogP) is 2.10. The minimum atomic E-state index is 0.0899. The zero-order valence-electron chi connectivity index (χ0n) is 12.9. The Morgan fingerprint density at radius 3 is 2.76 bits per heavy atom. The molecule has 0 saturated carbocycles. The summed E-state index contributed by atoms with van der Waals surface area (Å²) in [7, 11) is 0. The summed E-state index contributed by atoms with van der Waals surface area (Å²) in [6, 6.07) is 4.15. The molecular formula is C16H26N4O. The van der Waals surface area contributed by atoms with Gasteiger partial charge in [-0.15, -0.1) is 0 Å². The number of aromatic nitrogens is 1. The van der Waals surface area contributed by atoms with E-state index in [4.69, 9.17) is 0 Å². The lowest BCUT2D eigenvalue weighted by atomic mass is 10.2. The Morgan fingerprint density at radius 1 is 1.29 bits per heavy atom. The maximum atomic E-state index is 12.0. The van der Waals surface area contributed by atoms with Gasteiger partial charge in [0.2, 0.25) is 0 Å². The van der Waals surface area contributed by atoms with E-state index < -0.39 is 0 Å². The van der Waals surface area contributed by atoms with Gasteiger partial charge in [0.05, 0.1) is 0 Å². The Morgan fingerprint density at radius 2 is 2.10 bits per heavy atom. The SMILES string of the molecule is CCCCCNC(=O)N1CCN(Cc2cccnc2)CC1. The molecule has 1 aromatic rings. The summed E-state index contributed by atoms with van der Waals surface area (Å²) in [6.45, 7) is 7.35. The first-order valence-electron chi connectivity index (χ1n) is 7.93. The first kappa shape index (κ1) is 15.8. The van der Waals surface area contributed by atoms with Crippen molar-refractivity contribution in [3.63, 3.8) is 0 Å². The molecule has 2 rings (SSSR count). The monoisotopic (exact) mass is 290 g/mol. The number of nitrogens with one attached hydrogen (secondary N) is 1. The van der Waals surface area contributed by atoms with Gasteiger partial charge in [0, 0.05) is 51.7 Å². The van der Waals surface area contributed by atoms with Crippen molar-refractivity contribution in [2.45, 2.75) is 32.7 Å². The standard InChI is InChI=1S/C16H26N4O/c1-2-3-4-8-18-16(21)20-11-9-19(10-12-20)14-15-6-5-7-17-13-15/h5-7,13H,2-4,8-12,14H2,1H3,(H,18,21). The van der Waals surface area contributed by atoms with Crippen LogP contribution in [-0.4, -0.2) is 53.5 Å². The number of rotatable bonds is 6. The first-order chi connectivity index (χ1) is 10.3. The predicted molar refractivity (Wildman–Crippen MR) is 84.0 cm³/mol. The lowest BCUT2D eigenvalue weighted by Crippen LogP contribution is -2.51. The highest BCUT2D eigenvalue weighted by atomic mass is 16.2. The van der Waals surface area contributed by atoms with Crippen LogP contribution in [0.4, 0.5) is 4.79 Å². The number of hydrogen-bond acceptors (Lipinski definition) is 3. The second-order valence-electron chi connectivity index (χ2n) is 5.56. The van der Waals surface area contributed by atoms with E-state index >= 15 is 0 Å². The van der Waals surface area contributed by atoms with Crippen LogP contribution in [0.5, 0.6) is 0 Å². The third kappa shape index (κ3) is 5.34. The van der Waals surface area contributed by atoms with E-state index in [0.717, 1.165) is 45.7 Å². The Labute approximate surface area is 127 Å². The number of nitrogens with zero attached hydrogens (tertiary/aromatic N) is 3. The zero-order chi connectivity index (χ0) is 14.9. The zero-order valence-corrected chi connectivity index (χ0v) is 12.9. The van der Waals surface area contributed by atoms with Gasteiger partial charge in [-0.2, -0.15) is 0 Å². The van der Waals surface area contributed by atoms with Crippen molar-refractivity contribution in [1.29, 1.82) is 0 Å². The van der Waals surface area contributed by atoms with Crippen molar-refractivity contribution in [2.24, 2.45) is 0 Å². The van der Waals surface area contributed by atoms with E-state index in [1.165, 1.54) is 18.4 Å². The molecule has 2 amide bonds. The molecule has 1 saturated heterocycles. The Hall–Kier alpha value is -1.62. The summed E-state index contributed by atoms with van der Waals surface area (Å²) in [5.41, 5.74) is 1.23. The maximum Gasteiger partial charge on any atom is 0.317 e. The topological polar surface area (TPSA) is 48.5 Å². The third-order valence-corrected chi connectivity index (χ3v) is 3.85. The molecular weight excluding hydrogens is 264 g/mol. The molecule has 0 radical (unpaired) electrons. The Kier molecular flexibility index (Phi) is 6.47. The van der Waals surface area contributed by atoms with Crippen molar-refractivity contribution in [1.82, 2.24) is 20.1 Å². The van der Waals surface area contributed by atoms with Crippen molar-refractivity contribution in [3.05, 3.63) is 30.1 Å². The Balaban J connectivity index is 1.67. The number of hydrogen-bond donors (Lipinski definition) is 1. The van der Waals surface area contributed by atoms with Crippen LogP contribution in [0.2, 0.25) is 0 Å². The molecule has 0 aromatic carbocycles. The molecule has 1 aliphatic heterocycles. The van der Waals surface area contributed by atoms with Crippen LogP contribution < -0.4 is 5.32 Å². The van der Waals surface area contributed by atoms with Gasteiger partial charge in [-0.05, 0) is 18.1 Å². The highest BCUT2D eigenvalue weighted by molar-refractivity contribution is 5.74. The average Bonchev–Trinajstić information content (AvgIpc) is 2.53. The molecule has 21 heavy (non-hydrogen) atoms.